The van der Waals surface area contributed by atoms with Crippen molar-refractivity contribution >= 4 is 27.5 Å². The molecule has 0 amide bonds. The maximum Gasteiger partial charge on any atom is 0.340 e. The zero-order chi connectivity index (χ0) is 21.8. The van der Waals surface area contributed by atoms with Gasteiger partial charge in [0, 0.05) is 24.1 Å². The molecule has 0 spiro atoms. The van der Waals surface area contributed by atoms with Crippen LogP contribution in [0.2, 0.25) is 0 Å². The highest BCUT2D eigenvalue weighted by Crippen LogP contribution is 2.22. The van der Waals surface area contributed by atoms with Gasteiger partial charge in [0.2, 0.25) is 15.8 Å². The minimum absolute atomic E-state index is 0.0323. The fraction of sp³-hybridized carbons (Fsp3) is 0.400. The first-order valence-corrected chi connectivity index (χ1v) is 10.9. The maximum atomic E-state index is 12.6. The van der Waals surface area contributed by atoms with Gasteiger partial charge in [-0.3, -0.25) is 9.52 Å². The predicted molar refractivity (Wildman–Crippen MR) is 110 cm³/mol. The van der Waals surface area contributed by atoms with Crippen LogP contribution in [0.25, 0.3) is 0 Å². The number of benzene rings is 1. The average molecular weight is 423 g/mol. The highest BCUT2D eigenvalue weighted by molar-refractivity contribution is 7.92. The molecule has 0 bridgehead atoms. The maximum absolute atomic E-state index is 12.6. The van der Waals surface area contributed by atoms with E-state index >= 15 is 0 Å². The van der Waals surface area contributed by atoms with Gasteiger partial charge in [-0.05, 0) is 39.0 Å². The number of esters is 1. The van der Waals surface area contributed by atoms with Crippen LogP contribution in [-0.4, -0.2) is 51.3 Å². The number of rotatable bonds is 9. The average Bonchev–Trinajstić information content (AvgIpc) is 2.93. The fourth-order valence-electron chi connectivity index (χ4n) is 3.29. The lowest BCUT2D eigenvalue weighted by Gasteiger charge is -2.17. The van der Waals surface area contributed by atoms with Crippen molar-refractivity contribution in [2.75, 3.05) is 31.3 Å². The summed E-state index contributed by atoms with van der Waals surface area (Å²) in [5.74, 6) is -1.12. The minimum atomic E-state index is -3.57. The van der Waals surface area contributed by atoms with Crippen LogP contribution in [0.5, 0.6) is 0 Å². The highest BCUT2D eigenvalue weighted by Gasteiger charge is 2.21. The molecule has 1 atom stereocenters. The van der Waals surface area contributed by atoms with Gasteiger partial charge in [0.1, 0.15) is 0 Å². The minimum Gasteiger partial charge on any atom is -0.454 e. The number of anilines is 1. The lowest BCUT2D eigenvalue weighted by Crippen LogP contribution is -2.18. The molecule has 0 saturated carbocycles. The summed E-state index contributed by atoms with van der Waals surface area (Å²) in [6.45, 7) is 5.77. The smallest absolute Gasteiger partial charge is 0.340 e. The van der Waals surface area contributed by atoms with Crippen LogP contribution in [-0.2, 0) is 19.5 Å². The molecular weight excluding hydrogens is 396 g/mol. The van der Waals surface area contributed by atoms with Crippen molar-refractivity contribution in [1.82, 2.24) is 4.57 Å². The summed E-state index contributed by atoms with van der Waals surface area (Å²) in [6.07, 6.45) is 0.985. The summed E-state index contributed by atoms with van der Waals surface area (Å²) >= 11 is 0. The van der Waals surface area contributed by atoms with E-state index in [-0.39, 0.29) is 23.1 Å². The highest BCUT2D eigenvalue weighted by atomic mass is 32.2. The molecule has 0 aliphatic rings. The Kier molecular flexibility index (Phi) is 7.21. The molecule has 0 fully saturated rings. The molecule has 1 aromatic carbocycles. The molecule has 2 rings (SSSR count). The molecule has 8 nitrogen and oxygen atoms in total. The van der Waals surface area contributed by atoms with Crippen LogP contribution in [0, 0.1) is 13.8 Å². The van der Waals surface area contributed by atoms with Crippen molar-refractivity contribution in [2.24, 2.45) is 0 Å². The number of carbonyl (C=O) groups is 2. The summed E-state index contributed by atoms with van der Waals surface area (Å²) in [5, 5.41) is 0. The second-order valence-electron chi connectivity index (χ2n) is 6.88. The lowest BCUT2D eigenvalue weighted by atomic mass is 10.1. The zero-order valence-electron chi connectivity index (χ0n) is 17.2. The van der Waals surface area contributed by atoms with Crippen molar-refractivity contribution < 1.29 is 27.5 Å². The molecule has 0 saturated heterocycles. The van der Waals surface area contributed by atoms with Gasteiger partial charge in [-0.25, -0.2) is 13.2 Å². The van der Waals surface area contributed by atoms with E-state index < -0.39 is 22.6 Å². The summed E-state index contributed by atoms with van der Waals surface area (Å²) in [6, 6.07) is 7.86. The molecule has 0 aliphatic heterocycles. The Balaban J connectivity index is 2.15. The Morgan fingerprint density at radius 3 is 2.45 bits per heavy atom. The third kappa shape index (κ3) is 5.68. The molecule has 0 radical (unpaired) electrons. The van der Waals surface area contributed by atoms with Crippen LogP contribution in [0.15, 0.2) is 30.3 Å². The number of hydrogen-bond acceptors (Lipinski definition) is 6. The number of Topliss-reactive ketones (excluding diaryl/α,β-unsaturated/α-hetero) is 1. The predicted octanol–water partition coefficient (Wildman–Crippen LogP) is 2.72. The first-order chi connectivity index (χ1) is 13.5. The number of aromatic nitrogens is 1. The Hall–Kier alpha value is -2.65. The molecule has 9 heteroatoms. The fourth-order valence-corrected chi connectivity index (χ4v) is 3.87. The summed E-state index contributed by atoms with van der Waals surface area (Å²) < 4.78 is 37.6. The molecule has 2 aromatic rings. The van der Waals surface area contributed by atoms with Crippen molar-refractivity contribution in [3.05, 3.63) is 52.8 Å². The summed E-state index contributed by atoms with van der Waals surface area (Å²) in [5.41, 5.74) is 2.28. The number of para-hydroxylation sites is 1. The van der Waals surface area contributed by atoms with E-state index in [1.165, 1.54) is 12.1 Å². The summed E-state index contributed by atoms with van der Waals surface area (Å²) in [7, 11) is -1.95. The molecular formula is C20H26N2O6S. The SMILES string of the molecule is COCC(C)n1c(C)cc(C(=O)COC(=O)c2ccccc2NS(C)(=O)=O)c1C. The van der Waals surface area contributed by atoms with Crippen LogP contribution >= 0.6 is 0 Å². The Bertz CT molecular complexity index is 1010. The van der Waals surface area contributed by atoms with Crippen molar-refractivity contribution in [1.29, 1.82) is 0 Å². The quantitative estimate of drug-likeness (QED) is 0.492. The number of ether oxygens (including phenoxy) is 2. The van der Waals surface area contributed by atoms with Crippen LogP contribution in [0.4, 0.5) is 5.69 Å². The number of sulfonamides is 1. The topological polar surface area (TPSA) is 104 Å². The number of ketones is 1. The number of nitrogens with one attached hydrogen (secondary N) is 1. The van der Waals surface area contributed by atoms with Gasteiger partial charge in [-0.1, -0.05) is 12.1 Å². The van der Waals surface area contributed by atoms with Gasteiger partial charge >= 0.3 is 5.97 Å². The van der Waals surface area contributed by atoms with Gasteiger partial charge < -0.3 is 14.0 Å². The number of carbonyl (C=O) groups excluding carboxylic acids is 2. The number of aryl methyl sites for hydroxylation is 1. The van der Waals surface area contributed by atoms with E-state index in [4.69, 9.17) is 9.47 Å². The third-order valence-corrected chi connectivity index (χ3v) is 5.00. The first-order valence-electron chi connectivity index (χ1n) is 8.99. The van der Waals surface area contributed by atoms with Gasteiger partial charge in [-0.15, -0.1) is 0 Å². The largest absolute Gasteiger partial charge is 0.454 e. The Morgan fingerprint density at radius 2 is 1.83 bits per heavy atom. The van der Waals surface area contributed by atoms with Gasteiger partial charge in [-0.2, -0.15) is 0 Å². The molecule has 1 heterocycles. The monoisotopic (exact) mass is 422 g/mol. The third-order valence-electron chi connectivity index (χ3n) is 4.41. The Labute approximate surface area is 170 Å². The van der Waals surface area contributed by atoms with E-state index in [1.807, 2.05) is 25.3 Å². The first kappa shape index (κ1) is 22.6. The molecule has 1 unspecified atom stereocenters. The van der Waals surface area contributed by atoms with Gasteiger partial charge in [0.15, 0.2) is 6.61 Å². The standard InChI is InChI=1S/C20H26N2O6S/c1-13-10-17(15(3)22(13)14(2)11-27-4)19(23)12-28-20(24)16-8-6-7-9-18(16)21-29(5,25)26/h6-10,14,21H,11-12H2,1-5H3. The van der Waals surface area contributed by atoms with E-state index in [1.54, 1.807) is 25.3 Å². The second-order valence-corrected chi connectivity index (χ2v) is 8.63. The summed E-state index contributed by atoms with van der Waals surface area (Å²) in [4.78, 5) is 25.0. The van der Waals surface area contributed by atoms with Crippen molar-refractivity contribution in [3.8, 4) is 0 Å². The molecule has 1 N–H and O–H groups in total. The van der Waals surface area contributed by atoms with Crippen LogP contribution < -0.4 is 4.72 Å². The number of nitrogens with zero attached hydrogens (tertiary/aromatic N) is 1. The van der Waals surface area contributed by atoms with Gasteiger partial charge in [0.25, 0.3) is 0 Å². The van der Waals surface area contributed by atoms with E-state index in [0.717, 1.165) is 17.6 Å². The van der Waals surface area contributed by atoms with Gasteiger partial charge in [0.05, 0.1) is 30.2 Å². The van der Waals surface area contributed by atoms with Crippen LogP contribution in [0.1, 0.15) is 45.1 Å². The normalized spacial score (nSPS) is 12.4. The molecule has 1 aromatic heterocycles. The molecule has 29 heavy (non-hydrogen) atoms. The van der Waals surface area contributed by atoms with Crippen LogP contribution in [0.3, 0.4) is 0 Å². The van der Waals surface area contributed by atoms with Crippen molar-refractivity contribution in [3.63, 3.8) is 0 Å². The molecule has 0 aliphatic carbocycles. The van der Waals surface area contributed by atoms with E-state index in [2.05, 4.69) is 4.72 Å². The Morgan fingerprint density at radius 1 is 1.17 bits per heavy atom. The second kappa shape index (κ2) is 9.23. The van der Waals surface area contributed by atoms with E-state index in [0.29, 0.717) is 12.2 Å². The number of methoxy groups -OCH3 is 1. The van der Waals surface area contributed by atoms with E-state index in [9.17, 15) is 18.0 Å². The lowest BCUT2D eigenvalue weighted by molar-refractivity contribution is 0.0475. The molecule has 158 valence electrons. The van der Waals surface area contributed by atoms with Crippen molar-refractivity contribution in [2.45, 2.75) is 26.8 Å². The number of hydrogen-bond donors (Lipinski definition) is 1. The zero-order valence-corrected chi connectivity index (χ0v) is 18.0.